The largest absolute Gasteiger partial charge is 0.383 e. The molecular formula is C10H15NOS. The van der Waals surface area contributed by atoms with Crippen LogP contribution in [-0.4, -0.2) is 10.1 Å². The molecule has 0 spiro atoms. The Labute approximate surface area is 82.6 Å². The van der Waals surface area contributed by atoms with E-state index in [1.54, 1.807) is 17.5 Å². The van der Waals surface area contributed by atoms with E-state index in [-0.39, 0.29) is 0 Å². The van der Waals surface area contributed by atoms with E-state index in [0.717, 1.165) is 36.6 Å². The maximum atomic E-state index is 10.3. The van der Waals surface area contributed by atoms with E-state index in [2.05, 4.69) is 11.9 Å². The first-order chi connectivity index (χ1) is 6.21. The first-order valence-electron chi connectivity index (χ1n) is 4.83. The highest BCUT2D eigenvalue weighted by Crippen LogP contribution is 2.39. The Balaban J connectivity index is 2.13. The third-order valence-corrected chi connectivity index (χ3v) is 3.90. The van der Waals surface area contributed by atoms with Crippen LogP contribution in [0.1, 0.15) is 37.6 Å². The first kappa shape index (κ1) is 9.16. The van der Waals surface area contributed by atoms with Crippen LogP contribution in [0.2, 0.25) is 0 Å². The van der Waals surface area contributed by atoms with Gasteiger partial charge < -0.3 is 5.11 Å². The van der Waals surface area contributed by atoms with Crippen molar-refractivity contribution in [3.8, 4) is 0 Å². The maximum Gasteiger partial charge on any atom is 0.124 e. The Kier molecular flexibility index (Phi) is 2.39. The zero-order valence-electron chi connectivity index (χ0n) is 7.86. The van der Waals surface area contributed by atoms with Gasteiger partial charge in [0.05, 0.1) is 0 Å². The Morgan fingerprint density at radius 3 is 2.77 bits per heavy atom. The average Bonchev–Trinajstić information content (AvgIpc) is 2.63. The van der Waals surface area contributed by atoms with Crippen molar-refractivity contribution in [2.75, 3.05) is 0 Å². The van der Waals surface area contributed by atoms with E-state index >= 15 is 0 Å². The summed E-state index contributed by atoms with van der Waals surface area (Å²) in [6.45, 7) is 2.25. The Hall–Kier alpha value is -0.410. The van der Waals surface area contributed by atoms with Crippen molar-refractivity contribution >= 4 is 11.3 Å². The molecule has 0 radical (unpaired) electrons. The summed E-state index contributed by atoms with van der Waals surface area (Å²) in [5, 5.41) is 13.1. The lowest BCUT2D eigenvalue weighted by molar-refractivity contribution is -0.0121. The molecule has 1 aliphatic rings. The second-order valence-corrected chi connectivity index (χ2v) is 4.95. The van der Waals surface area contributed by atoms with Gasteiger partial charge in [0.15, 0.2) is 0 Å². The van der Waals surface area contributed by atoms with Crippen molar-refractivity contribution in [3.05, 3.63) is 16.6 Å². The van der Waals surface area contributed by atoms with Crippen LogP contribution in [0.25, 0.3) is 0 Å². The lowest BCUT2D eigenvalue weighted by Crippen LogP contribution is -2.30. The van der Waals surface area contributed by atoms with Gasteiger partial charge in [-0.05, 0) is 31.6 Å². The summed E-state index contributed by atoms with van der Waals surface area (Å²) in [5.74, 6) is 0.764. The molecule has 1 aromatic rings. The number of aliphatic hydroxyl groups is 1. The molecule has 1 aliphatic carbocycles. The molecule has 72 valence electrons. The van der Waals surface area contributed by atoms with Crippen molar-refractivity contribution in [1.29, 1.82) is 0 Å². The first-order valence-corrected chi connectivity index (χ1v) is 5.71. The summed E-state index contributed by atoms with van der Waals surface area (Å²) >= 11 is 1.57. The third kappa shape index (κ3) is 1.76. The highest BCUT2D eigenvalue weighted by Gasteiger charge is 2.35. The molecule has 0 atom stereocenters. The molecule has 3 heteroatoms. The van der Waals surface area contributed by atoms with Gasteiger partial charge in [-0.3, -0.25) is 0 Å². The lowest BCUT2D eigenvalue weighted by Gasteiger charge is -2.33. The van der Waals surface area contributed by atoms with Crippen molar-refractivity contribution in [2.45, 2.75) is 38.2 Å². The zero-order valence-corrected chi connectivity index (χ0v) is 8.68. The second kappa shape index (κ2) is 3.39. The molecule has 0 aromatic carbocycles. The number of hydrogen-bond donors (Lipinski definition) is 1. The van der Waals surface area contributed by atoms with Gasteiger partial charge in [0, 0.05) is 11.6 Å². The van der Waals surface area contributed by atoms with E-state index in [0.29, 0.717) is 0 Å². The number of rotatable bonds is 1. The van der Waals surface area contributed by atoms with Crippen LogP contribution < -0.4 is 0 Å². The summed E-state index contributed by atoms with van der Waals surface area (Å²) < 4.78 is 0. The Morgan fingerprint density at radius 1 is 1.54 bits per heavy atom. The molecule has 1 N–H and O–H groups in total. The van der Waals surface area contributed by atoms with Gasteiger partial charge in [0.25, 0.3) is 0 Å². The van der Waals surface area contributed by atoms with E-state index in [9.17, 15) is 5.11 Å². The molecule has 0 aliphatic heterocycles. The number of hydrogen-bond acceptors (Lipinski definition) is 3. The molecule has 2 rings (SSSR count). The van der Waals surface area contributed by atoms with E-state index in [1.807, 2.05) is 5.38 Å². The minimum atomic E-state index is -0.610. The van der Waals surface area contributed by atoms with E-state index < -0.39 is 5.60 Å². The summed E-state index contributed by atoms with van der Waals surface area (Å²) in [6.07, 6.45) is 5.77. The molecule has 2 nitrogen and oxygen atoms in total. The molecule has 0 saturated heterocycles. The van der Waals surface area contributed by atoms with Crippen molar-refractivity contribution in [3.63, 3.8) is 0 Å². The summed E-state index contributed by atoms with van der Waals surface area (Å²) in [6, 6.07) is 0. The average molecular weight is 197 g/mol. The molecule has 0 bridgehead atoms. The third-order valence-electron chi connectivity index (χ3n) is 2.93. The van der Waals surface area contributed by atoms with Gasteiger partial charge in [-0.2, -0.15) is 0 Å². The number of thiazole rings is 1. The quantitative estimate of drug-likeness (QED) is 0.750. The monoisotopic (exact) mass is 197 g/mol. The van der Waals surface area contributed by atoms with Gasteiger partial charge in [0.1, 0.15) is 10.6 Å². The number of aromatic nitrogens is 1. The second-order valence-electron chi connectivity index (χ2n) is 4.05. The van der Waals surface area contributed by atoms with Crippen LogP contribution in [0.5, 0.6) is 0 Å². The summed E-state index contributed by atoms with van der Waals surface area (Å²) in [5.41, 5.74) is -0.610. The number of nitrogens with zero attached hydrogens (tertiary/aromatic N) is 1. The minimum Gasteiger partial charge on any atom is -0.383 e. The molecule has 0 unspecified atom stereocenters. The molecule has 1 fully saturated rings. The van der Waals surface area contributed by atoms with E-state index in [4.69, 9.17) is 0 Å². The van der Waals surface area contributed by atoms with Gasteiger partial charge in [-0.15, -0.1) is 11.3 Å². The van der Waals surface area contributed by atoms with Crippen molar-refractivity contribution in [1.82, 2.24) is 4.98 Å². The van der Waals surface area contributed by atoms with Crippen LogP contribution >= 0.6 is 11.3 Å². The smallest absolute Gasteiger partial charge is 0.124 e. The zero-order chi connectivity index (χ0) is 9.31. The molecule has 13 heavy (non-hydrogen) atoms. The maximum absolute atomic E-state index is 10.3. The minimum absolute atomic E-state index is 0.610. The van der Waals surface area contributed by atoms with Gasteiger partial charge in [0.2, 0.25) is 0 Å². The van der Waals surface area contributed by atoms with Gasteiger partial charge in [-0.25, -0.2) is 4.98 Å². The summed E-state index contributed by atoms with van der Waals surface area (Å²) in [4.78, 5) is 4.21. The van der Waals surface area contributed by atoms with E-state index in [1.165, 1.54) is 0 Å². The fraction of sp³-hybridized carbons (Fsp3) is 0.700. The molecule has 1 heterocycles. The molecule has 0 amide bonds. The van der Waals surface area contributed by atoms with Crippen molar-refractivity contribution < 1.29 is 5.11 Å². The lowest BCUT2D eigenvalue weighted by atomic mass is 9.80. The fourth-order valence-electron chi connectivity index (χ4n) is 1.91. The van der Waals surface area contributed by atoms with Crippen LogP contribution in [0.3, 0.4) is 0 Å². The van der Waals surface area contributed by atoms with Crippen LogP contribution in [0, 0.1) is 5.92 Å². The fourth-order valence-corrected chi connectivity index (χ4v) is 2.70. The Morgan fingerprint density at radius 2 is 2.23 bits per heavy atom. The predicted octanol–water partition coefficient (Wildman–Crippen LogP) is 2.54. The Bertz CT molecular complexity index is 262. The molecule has 1 aromatic heterocycles. The topological polar surface area (TPSA) is 33.1 Å². The van der Waals surface area contributed by atoms with Crippen molar-refractivity contribution in [2.24, 2.45) is 5.92 Å². The predicted molar refractivity (Wildman–Crippen MR) is 53.6 cm³/mol. The molecular weight excluding hydrogens is 182 g/mol. The van der Waals surface area contributed by atoms with Crippen LogP contribution in [0.4, 0.5) is 0 Å². The van der Waals surface area contributed by atoms with Crippen LogP contribution in [-0.2, 0) is 5.60 Å². The van der Waals surface area contributed by atoms with Gasteiger partial charge in [-0.1, -0.05) is 6.92 Å². The van der Waals surface area contributed by atoms with Crippen LogP contribution in [0.15, 0.2) is 11.6 Å². The molecule has 1 saturated carbocycles. The highest BCUT2D eigenvalue weighted by atomic mass is 32.1. The standard InChI is InChI=1S/C10H15NOS/c1-8-2-4-10(12,5-3-8)9-11-6-7-13-9/h6-8,12H,2-5H2,1H3. The normalized spacial score (nSPS) is 34.8. The SMILES string of the molecule is CC1CCC(O)(c2nccs2)CC1. The highest BCUT2D eigenvalue weighted by molar-refractivity contribution is 7.09. The summed E-state index contributed by atoms with van der Waals surface area (Å²) in [7, 11) is 0. The van der Waals surface area contributed by atoms with Gasteiger partial charge >= 0.3 is 0 Å².